The molecule has 2 heterocycles. The molecule has 0 radical (unpaired) electrons. The summed E-state index contributed by atoms with van der Waals surface area (Å²) in [5.74, 6) is 3.00. The Morgan fingerprint density at radius 1 is 1.32 bits per heavy atom. The average Bonchev–Trinajstić information content (AvgIpc) is 2.97. The van der Waals surface area contributed by atoms with Crippen LogP contribution in [-0.2, 0) is 6.54 Å². The van der Waals surface area contributed by atoms with Crippen LogP contribution >= 0.6 is 0 Å². The second-order valence-corrected chi connectivity index (χ2v) is 6.12. The molecule has 19 heavy (non-hydrogen) atoms. The Balaban J connectivity index is 1.57. The first-order chi connectivity index (χ1) is 9.35. The quantitative estimate of drug-likeness (QED) is 0.880. The van der Waals surface area contributed by atoms with Gasteiger partial charge in [-0.3, -0.25) is 4.90 Å². The molecular formula is C16H25N3. The second-order valence-electron chi connectivity index (χ2n) is 6.12. The third-order valence-corrected chi connectivity index (χ3v) is 4.59. The van der Waals surface area contributed by atoms with E-state index in [9.17, 15) is 0 Å². The zero-order valence-electron chi connectivity index (χ0n) is 11.9. The number of nitrogens with zero attached hydrogens (tertiary/aromatic N) is 2. The summed E-state index contributed by atoms with van der Waals surface area (Å²) in [7, 11) is 0. The maximum absolute atomic E-state index is 4.38. The van der Waals surface area contributed by atoms with Crippen LogP contribution in [0.15, 0.2) is 18.3 Å². The number of hydrogen-bond donors (Lipinski definition) is 1. The number of nitrogens with one attached hydrogen (secondary N) is 1. The lowest BCUT2D eigenvalue weighted by Crippen LogP contribution is -2.21. The summed E-state index contributed by atoms with van der Waals surface area (Å²) in [6.45, 7) is 6.90. The number of hydrogen-bond acceptors (Lipinski definition) is 3. The van der Waals surface area contributed by atoms with Crippen molar-refractivity contribution < 1.29 is 0 Å². The van der Waals surface area contributed by atoms with Crippen LogP contribution in [0, 0.1) is 11.8 Å². The molecule has 3 heteroatoms. The number of fused-ring (bicyclic) bond motifs is 1. The van der Waals surface area contributed by atoms with Gasteiger partial charge in [0.05, 0.1) is 0 Å². The van der Waals surface area contributed by atoms with Gasteiger partial charge in [0.2, 0.25) is 0 Å². The van der Waals surface area contributed by atoms with Gasteiger partial charge in [-0.1, -0.05) is 13.3 Å². The molecule has 0 aromatic carbocycles. The molecule has 1 aromatic heterocycles. The fraction of sp³-hybridized carbons (Fsp3) is 0.688. The van der Waals surface area contributed by atoms with Crippen molar-refractivity contribution in [1.82, 2.24) is 9.88 Å². The Bertz CT molecular complexity index is 406. The first-order valence-electron chi connectivity index (χ1n) is 7.76. The van der Waals surface area contributed by atoms with E-state index >= 15 is 0 Å². The molecule has 2 atom stereocenters. The van der Waals surface area contributed by atoms with Crippen molar-refractivity contribution in [1.29, 1.82) is 0 Å². The molecule has 3 rings (SSSR count). The smallest absolute Gasteiger partial charge is 0.126 e. The van der Waals surface area contributed by atoms with Gasteiger partial charge < -0.3 is 5.32 Å². The van der Waals surface area contributed by atoms with E-state index in [2.05, 4.69) is 34.3 Å². The van der Waals surface area contributed by atoms with Gasteiger partial charge in [0.25, 0.3) is 0 Å². The minimum Gasteiger partial charge on any atom is -0.370 e. The van der Waals surface area contributed by atoms with E-state index in [1.165, 1.54) is 37.9 Å². The molecular weight excluding hydrogens is 234 g/mol. The average molecular weight is 259 g/mol. The highest BCUT2D eigenvalue weighted by Crippen LogP contribution is 2.38. The fourth-order valence-corrected chi connectivity index (χ4v) is 3.64. The standard InChI is InChI=1S/C16H25N3/c1-2-7-17-16-9-13(6-8-18-16)10-19-11-14-4-3-5-15(14)12-19/h6,8-9,14-15H,2-5,7,10-12H2,1H3,(H,17,18). The Hall–Kier alpha value is -1.09. The molecule has 1 N–H and O–H groups in total. The van der Waals surface area contributed by atoms with Crippen molar-refractivity contribution in [2.75, 3.05) is 25.0 Å². The Morgan fingerprint density at radius 2 is 2.11 bits per heavy atom. The second kappa shape index (κ2) is 5.91. The van der Waals surface area contributed by atoms with Crippen LogP contribution in [0.1, 0.15) is 38.2 Å². The first kappa shape index (κ1) is 12.9. The van der Waals surface area contributed by atoms with E-state index < -0.39 is 0 Å². The Kier molecular flexibility index (Phi) is 4.02. The van der Waals surface area contributed by atoms with Crippen LogP contribution in [0.5, 0.6) is 0 Å². The maximum Gasteiger partial charge on any atom is 0.126 e. The first-order valence-corrected chi connectivity index (χ1v) is 7.76. The summed E-state index contributed by atoms with van der Waals surface area (Å²) in [4.78, 5) is 7.01. The summed E-state index contributed by atoms with van der Waals surface area (Å²) in [6, 6.07) is 4.37. The van der Waals surface area contributed by atoms with Gasteiger partial charge in [-0.05, 0) is 48.8 Å². The molecule has 1 saturated carbocycles. The normalized spacial score (nSPS) is 26.6. The van der Waals surface area contributed by atoms with Crippen molar-refractivity contribution in [3.8, 4) is 0 Å². The van der Waals surface area contributed by atoms with Gasteiger partial charge in [0, 0.05) is 32.4 Å². The van der Waals surface area contributed by atoms with E-state index in [0.717, 1.165) is 37.2 Å². The van der Waals surface area contributed by atoms with E-state index in [-0.39, 0.29) is 0 Å². The van der Waals surface area contributed by atoms with Gasteiger partial charge in [-0.25, -0.2) is 4.98 Å². The summed E-state index contributed by atoms with van der Waals surface area (Å²) in [5, 5.41) is 3.37. The lowest BCUT2D eigenvalue weighted by atomic mass is 10.0. The van der Waals surface area contributed by atoms with Crippen molar-refractivity contribution >= 4 is 5.82 Å². The topological polar surface area (TPSA) is 28.2 Å². The number of anilines is 1. The molecule has 3 nitrogen and oxygen atoms in total. The van der Waals surface area contributed by atoms with Crippen molar-refractivity contribution in [2.45, 2.75) is 39.2 Å². The molecule has 2 fully saturated rings. The number of likely N-dealkylation sites (tertiary alicyclic amines) is 1. The van der Waals surface area contributed by atoms with Crippen molar-refractivity contribution in [2.24, 2.45) is 11.8 Å². The highest BCUT2D eigenvalue weighted by molar-refractivity contribution is 5.37. The van der Waals surface area contributed by atoms with E-state index in [1.54, 1.807) is 0 Å². The molecule has 1 aromatic rings. The molecule has 2 aliphatic rings. The molecule has 1 saturated heterocycles. The summed E-state index contributed by atoms with van der Waals surface area (Å²) in [5.41, 5.74) is 1.40. The summed E-state index contributed by atoms with van der Waals surface area (Å²) >= 11 is 0. The zero-order valence-corrected chi connectivity index (χ0v) is 11.9. The van der Waals surface area contributed by atoms with E-state index in [1.807, 2.05) is 6.20 Å². The van der Waals surface area contributed by atoms with Crippen LogP contribution in [0.4, 0.5) is 5.82 Å². The van der Waals surface area contributed by atoms with Gasteiger partial charge in [-0.2, -0.15) is 0 Å². The van der Waals surface area contributed by atoms with E-state index in [0.29, 0.717) is 0 Å². The van der Waals surface area contributed by atoms with Crippen LogP contribution in [-0.4, -0.2) is 29.5 Å². The predicted octanol–water partition coefficient (Wildman–Crippen LogP) is 3.14. The third-order valence-electron chi connectivity index (χ3n) is 4.59. The molecule has 104 valence electrons. The van der Waals surface area contributed by atoms with Gasteiger partial charge in [-0.15, -0.1) is 0 Å². The minimum absolute atomic E-state index is 0.986. The largest absolute Gasteiger partial charge is 0.370 e. The summed E-state index contributed by atoms with van der Waals surface area (Å²) < 4.78 is 0. The summed E-state index contributed by atoms with van der Waals surface area (Å²) in [6.07, 6.45) is 7.46. The molecule has 0 spiro atoms. The molecule has 0 bridgehead atoms. The fourth-order valence-electron chi connectivity index (χ4n) is 3.64. The molecule has 1 aliphatic heterocycles. The van der Waals surface area contributed by atoms with E-state index in [4.69, 9.17) is 0 Å². The maximum atomic E-state index is 4.38. The molecule has 0 amide bonds. The zero-order chi connectivity index (χ0) is 13.1. The number of rotatable bonds is 5. The van der Waals surface area contributed by atoms with Gasteiger partial charge >= 0.3 is 0 Å². The van der Waals surface area contributed by atoms with Crippen LogP contribution < -0.4 is 5.32 Å². The number of pyridine rings is 1. The highest BCUT2D eigenvalue weighted by Gasteiger charge is 2.35. The Morgan fingerprint density at radius 3 is 2.84 bits per heavy atom. The third kappa shape index (κ3) is 3.08. The van der Waals surface area contributed by atoms with Crippen molar-refractivity contribution in [3.05, 3.63) is 23.9 Å². The Labute approximate surface area is 116 Å². The molecule has 2 unspecified atom stereocenters. The SMILES string of the molecule is CCCNc1cc(CN2CC3CCCC3C2)ccn1. The lowest BCUT2D eigenvalue weighted by molar-refractivity contribution is 0.303. The lowest BCUT2D eigenvalue weighted by Gasteiger charge is -2.17. The monoisotopic (exact) mass is 259 g/mol. The van der Waals surface area contributed by atoms with Gasteiger partial charge in [0.15, 0.2) is 0 Å². The molecule has 1 aliphatic carbocycles. The minimum atomic E-state index is 0.986. The van der Waals surface area contributed by atoms with Crippen LogP contribution in [0.25, 0.3) is 0 Å². The van der Waals surface area contributed by atoms with Gasteiger partial charge in [0.1, 0.15) is 5.82 Å². The van der Waals surface area contributed by atoms with Crippen LogP contribution in [0.3, 0.4) is 0 Å². The highest BCUT2D eigenvalue weighted by atomic mass is 15.2. The predicted molar refractivity (Wildman–Crippen MR) is 79.1 cm³/mol. The number of aromatic nitrogens is 1. The van der Waals surface area contributed by atoms with Crippen molar-refractivity contribution in [3.63, 3.8) is 0 Å². The van der Waals surface area contributed by atoms with Crippen LogP contribution in [0.2, 0.25) is 0 Å².